The van der Waals surface area contributed by atoms with Crippen LogP contribution in [-0.2, 0) is 11.3 Å². The average molecular weight is 232 g/mol. The fourth-order valence-electron chi connectivity index (χ4n) is 1.56. The molecule has 0 bridgehead atoms. The number of benzene rings is 1. The SMILES string of the molecule is O=C(CS)NCc1cccc2cccnc12. The molecule has 0 aliphatic heterocycles. The molecule has 82 valence electrons. The number of pyridine rings is 1. The van der Waals surface area contributed by atoms with Crippen LogP contribution in [0.4, 0.5) is 0 Å². The lowest BCUT2D eigenvalue weighted by Crippen LogP contribution is -2.23. The summed E-state index contributed by atoms with van der Waals surface area (Å²) in [5, 5.41) is 3.87. The Hall–Kier alpha value is -1.55. The van der Waals surface area contributed by atoms with Gasteiger partial charge in [-0.15, -0.1) is 0 Å². The van der Waals surface area contributed by atoms with Gasteiger partial charge in [0.15, 0.2) is 0 Å². The van der Waals surface area contributed by atoms with Crippen LogP contribution in [0.15, 0.2) is 36.5 Å². The van der Waals surface area contributed by atoms with Crippen LogP contribution in [0.25, 0.3) is 10.9 Å². The molecule has 0 saturated carbocycles. The fourth-order valence-corrected chi connectivity index (χ4v) is 1.67. The molecule has 2 rings (SSSR count). The third kappa shape index (κ3) is 2.33. The lowest BCUT2D eigenvalue weighted by Gasteiger charge is -2.06. The van der Waals surface area contributed by atoms with Gasteiger partial charge in [0, 0.05) is 18.1 Å². The summed E-state index contributed by atoms with van der Waals surface area (Å²) in [6.07, 6.45) is 1.76. The first kappa shape index (κ1) is 11.0. The summed E-state index contributed by atoms with van der Waals surface area (Å²) < 4.78 is 0. The molecule has 0 radical (unpaired) electrons. The van der Waals surface area contributed by atoms with Gasteiger partial charge in [-0.3, -0.25) is 9.78 Å². The molecule has 0 fully saturated rings. The van der Waals surface area contributed by atoms with Crippen LogP contribution in [-0.4, -0.2) is 16.6 Å². The van der Waals surface area contributed by atoms with Crippen LogP contribution in [0.2, 0.25) is 0 Å². The number of carbonyl (C=O) groups excluding carboxylic acids is 1. The van der Waals surface area contributed by atoms with E-state index in [4.69, 9.17) is 0 Å². The van der Waals surface area contributed by atoms with E-state index in [9.17, 15) is 4.79 Å². The highest BCUT2D eigenvalue weighted by Crippen LogP contribution is 2.15. The number of hydrogen-bond acceptors (Lipinski definition) is 3. The van der Waals surface area contributed by atoms with Gasteiger partial charge in [-0.05, 0) is 11.6 Å². The van der Waals surface area contributed by atoms with E-state index in [1.807, 2.05) is 30.3 Å². The van der Waals surface area contributed by atoms with Crippen LogP contribution in [0.3, 0.4) is 0 Å². The predicted molar refractivity (Wildman–Crippen MR) is 67.4 cm³/mol. The molecule has 16 heavy (non-hydrogen) atoms. The van der Waals surface area contributed by atoms with Crippen molar-refractivity contribution in [2.75, 3.05) is 5.75 Å². The highest BCUT2D eigenvalue weighted by molar-refractivity contribution is 7.81. The van der Waals surface area contributed by atoms with E-state index >= 15 is 0 Å². The van der Waals surface area contributed by atoms with Gasteiger partial charge in [-0.1, -0.05) is 24.3 Å². The van der Waals surface area contributed by atoms with Crippen LogP contribution in [0.1, 0.15) is 5.56 Å². The topological polar surface area (TPSA) is 42.0 Å². The summed E-state index contributed by atoms with van der Waals surface area (Å²) in [6, 6.07) is 9.84. The lowest BCUT2D eigenvalue weighted by molar-refractivity contribution is -0.118. The molecule has 1 aromatic carbocycles. The van der Waals surface area contributed by atoms with Crippen LogP contribution in [0.5, 0.6) is 0 Å². The monoisotopic (exact) mass is 232 g/mol. The van der Waals surface area contributed by atoms with Crippen molar-refractivity contribution >= 4 is 29.4 Å². The van der Waals surface area contributed by atoms with E-state index in [0.29, 0.717) is 6.54 Å². The van der Waals surface area contributed by atoms with Crippen molar-refractivity contribution in [1.29, 1.82) is 0 Å². The Morgan fingerprint density at radius 2 is 2.12 bits per heavy atom. The first-order chi connectivity index (χ1) is 7.81. The van der Waals surface area contributed by atoms with Crippen molar-refractivity contribution in [3.8, 4) is 0 Å². The summed E-state index contributed by atoms with van der Waals surface area (Å²) in [5.74, 6) is 0.134. The molecule has 4 heteroatoms. The average Bonchev–Trinajstić information content (AvgIpc) is 2.35. The molecule has 0 aliphatic carbocycles. The largest absolute Gasteiger partial charge is 0.351 e. The normalized spacial score (nSPS) is 10.3. The third-order valence-corrected chi connectivity index (χ3v) is 2.62. The molecule has 0 spiro atoms. The van der Waals surface area contributed by atoms with Crippen LogP contribution >= 0.6 is 12.6 Å². The second-order valence-electron chi connectivity index (χ2n) is 3.43. The molecule has 2 aromatic rings. The van der Waals surface area contributed by atoms with Gasteiger partial charge < -0.3 is 5.32 Å². The summed E-state index contributed by atoms with van der Waals surface area (Å²) >= 11 is 3.91. The summed E-state index contributed by atoms with van der Waals surface area (Å²) in [7, 11) is 0. The van der Waals surface area contributed by atoms with E-state index in [1.165, 1.54) is 0 Å². The zero-order chi connectivity index (χ0) is 11.4. The smallest absolute Gasteiger partial charge is 0.229 e. The summed E-state index contributed by atoms with van der Waals surface area (Å²) in [6.45, 7) is 0.494. The van der Waals surface area contributed by atoms with Crippen molar-refractivity contribution in [3.63, 3.8) is 0 Å². The first-order valence-electron chi connectivity index (χ1n) is 5.01. The molecule has 0 atom stereocenters. The molecule has 1 amide bonds. The Morgan fingerprint density at radius 1 is 1.31 bits per heavy atom. The van der Waals surface area contributed by atoms with Gasteiger partial charge in [0.1, 0.15) is 0 Å². The van der Waals surface area contributed by atoms with Crippen molar-refractivity contribution in [2.24, 2.45) is 0 Å². The van der Waals surface area contributed by atoms with Crippen molar-refractivity contribution in [2.45, 2.75) is 6.54 Å². The van der Waals surface area contributed by atoms with Gasteiger partial charge in [0.2, 0.25) is 5.91 Å². The standard InChI is InChI=1S/C12H12N2OS/c15-11(8-16)14-7-10-4-1-3-9-5-2-6-13-12(9)10/h1-6,16H,7-8H2,(H,14,15). The maximum absolute atomic E-state index is 11.1. The van der Waals surface area contributed by atoms with Gasteiger partial charge >= 0.3 is 0 Å². The van der Waals surface area contributed by atoms with Crippen LogP contribution in [0, 0.1) is 0 Å². The molecule has 0 unspecified atom stereocenters. The van der Waals surface area contributed by atoms with Gasteiger partial charge in [-0.25, -0.2) is 0 Å². The minimum Gasteiger partial charge on any atom is -0.351 e. The molecule has 1 heterocycles. The molecule has 1 aromatic heterocycles. The third-order valence-electron chi connectivity index (χ3n) is 2.34. The van der Waals surface area contributed by atoms with Crippen molar-refractivity contribution < 1.29 is 4.79 Å². The number of aromatic nitrogens is 1. The number of para-hydroxylation sites is 1. The van der Waals surface area contributed by atoms with Crippen molar-refractivity contribution in [1.82, 2.24) is 10.3 Å². The Kier molecular flexibility index (Phi) is 3.41. The summed E-state index contributed by atoms with van der Waals surface area (Å²) in [5.41, 5.74) is 1.96. The maximum Gasteiger partial charge on any atom is 0.229 e. The zero-order valence-electron chi connectivity index (χ0n) is 8.68. The van der Waals surface area contributed by atoms with Gasteiger partial charge in [0.25, 0.3) is 0 Å². The van der Waals surface area contributed by atoms with E-state index < -0.39 is 0 Å². The Labute approximate surface area is 99.3 Å². The highest BCUT2D eigenvalue weighted by Gasteiger charge is 2.02. The van der Waals surface area contributed by atoms with E-state index in [1.54, 1.807) is 6.20 Å². The molecular formula is C12H12N2OS. The number of fused-ring (bicyclic) bond motifs is 1. The number of hydrogen-bond donors (Lipinski definition) is 2. The van der Waals surface area contributed by atoms with Gasteiger partial charge in [0.05, 0.1) is 11.3 Å². The van der Waals surface area contributed by atoms with E-state index in [0.717, 1.165) is 16.5 Å². The Balaban J connectivity index is 2.27. The lowest BCUT2D eigenvalue weighted by atomic mass is 10.1. The van der Waals surface area contributed by atoms with Gasteiger partial charge in [-0.2, -0.15) is 12.6 Å². The van der Waals surface area contributed by atoms with E-state index in [-0.39, 0.29) is 11.7 Å². The van der Waals surface area contributed by atoms with E-state index in [2.05, 4.69) is 22.9 Å². The number of thiol groups is 1. The van der Waals surface area contributed by atoms with Crippen LogP contribution < -0.4 is 5.32 Å². The number of amides is 1. The number of rotatable bonds is 3. The molecule has 3 nitrogen and oxygen atoms in total. The number of nitrogens with one attached hydrogen (secondary N) is 1. The fraction of sp³-hybridized carbons (Fsp3) is 0.167. The zero-order valence-corrected chi connectivity index (χ0v) is 9.58. The first-order valence-corrected chi connectivity index (χ1v) is 5.64. The molecule has 1 N–H and O–H groups in total. The Bertz CT molecular complexity index is 508. The second-order valence-corrected chi connectivity index (χ2v) is 3.74. The second kappa shape index (κ2) is 4.99. The predicted octanol–water partition coefficient (Wildman–Crippen LogP) is 1.78. The molecular weight excluding hydrogens is 220 g/mol. The maximum atomic E-state index is 11.1. The summed E-state index contributed by atoms with van der Waals surface area (Å²) in [4.78, 5) is 15.4. The Morgan fingerprint density at radius 3 is 2.94 bits per heavy atom. The number of carbonyl (C=O) groups is 1. The molecule has 0 saturated heterocycles. The minimum absolute atomic E-state index is 0.0729. The quantitative estimate of drug-likeness (QED) is 0.792. The van der Waals surface area contributed by atoms with Crippen molar-refractivity contribution in [3.05, 3.63) is 42.1 Å². The number of nitrogens with zero attached hydrogens (tertiary/aromatic N) is 1. The highest BCUT2D eigenvalue weighted by atomic mass is 32.1. The minimum atomic E-state index is -0.0729. The molecule has 0 aliphatic rings.